The quantitative estimate of drug-likeness (QED) is 0.846. The molecule has 2 amide bonds. The molecule has 6 nitrogen and oxygen atoms in total. The number of piperazine rings is 1. The van der Waals surface area contributed by atoms with Gasteiger partial charge in [-0.05, 0) is 25.5 Å². The molecule has 1 fully saturated rings. The highest BCUT2D eigenvalue weighted by Crippen LogP contribution is 2.19. The number of nitrogens with zero attached hydrogens (tertiary/aromatic N) is 3. The van der Waals surface area contributed by atoms with Crippen LogP contribution in [0.15, 0.2) is 42.6 Å². The van der Waals surface area contributed by atoms with Crippen molar-refractivity contribution in [1.82, 2.24) is 14.8 Å². The summed E-state index contributed by atoms with van der Waals surface area (Å²) < 4.78 is 5.08. The van der Waals surface area contributed by atoms with Crippen LogP contribution >= 0.6 is 0 Å². The van der Waals surface area contributed by atoms with Crippen molar-refractivity contribution >= 4 is 11.8 Å². The average Bonchev–Trinajstić information content (AvgIpc) is 2.65. The summed E-state index contributed by atoms with van der Waals surface area (Å²) in [5.41, 5.74) is 2.75. The Morgan fingerprint density at radius 2 is 2.08 bits per heavy atom. The Hall–Kier alpha value is -2.89. The lowest BCUT2D eigenvalue weighted by atomic mass is 10.1. The van der Waals surface area contributed by atoms with E-state index in [9.17, 15) is 9.59 Å². The molecular weight excluding hydrogens is 330 g/mol. The van der Waals surface area contributed by atoms with Gasteiger partial charge < -0.3 is 14.5 Å². The summed E-state index contributed by atoms with van der Waals surface area (Å²) in [6.45, 7) is 5.40. The highest BCUT2D eigenvalue weighted by molar-refractivity contribution is 5.98. The number of aryl methyl sites for hydroxylation is 1. The summed E-state index contributed by atoms with van der Waals surface area (Å²) in [4.78, 5) is 33.0. The molecule has 0 spiro atoms. The Morgan fingerprint density at radius 1 is 1.27 bits per heavy atom. The van der Waals surface area contributed by atoms with Crippen LogP contribution in [0.1, 0.15) is 28.4 Å². The molecule has 0 N–H and O–H groups in total. The van der Waals surface area contributed by atoms with Gasteiger partial charge in [-0.15, -0.1) is 0 Å². The maximum absolute atomic E-state index is 12.8. The Labute approximate surface area is 153 Å². The fraction of sp³-hybridized carbons (Fsp3) is 0.350. The summed E-state index contributed by atoms with van der Waals surface area (Å²) in [5, 5.41) is 0. The predicted octanol–water partition coefficient (Wildman–Crippen LogP) is 2.27. The fourth-order valence-corrected chi connectivity index (χ4v) is 3.22. The lowest BCUT2D eigenvalue weighted by Crippen LogP contribution is -2.57. The minimum Gasteiger partial charge on any atom is -0.481 e. The van der Waals surface area contributed by atoms with Crippen molar-refractivity contribution in [3.63, 3.8) is 0 Å². The largest absolute Gasteiger partial charge is 0.481 e. The van der Waals surface area contributed by atoms with Gasteiger partial charge in [-0.25, -0.2) is 4.98 Å². The molecule has 1 aliphatic heterocycles. The molecule has 1 aromatic carbocycles. The van der Waals surface area contributed by atoms with Gasteiger partial charge in [0.15, 0.2) is 0 Å². The highest BCUT2D eigenvalue weighted by atomic mass is 16.5. The second-order valence-corrected chi connectivity index (χ2v) is 6.51. The Kier molecular flexibility index (Phi) is 5.21. The molecule has 1 saturated heterocycles. The zero-order chi connectivity index (χ0) is 18.7. The number of hydrogen-bond donors (Lipinski definition) is 0. The molecule has 1 aliphatic rings. The lowest BCUT2D eigenvalue weighted by molar-refractivity contribution is -0.140. The number of methoxy groups -OCH3 is 1. The molecule has 0 aliphatic carbocycles. The fourth-order valence-electron chi connectivity index (χ4n) is 3.22. The maximum Gasteiger partial charge on any atom is 0.254 e. The number of carbonyl (C=O) groups is 2. The summed E-state index contributed by atoms with van der Waals surface area (Å²) >= 11 is 0. The molecule has 26 heavy (non-hydrogen) atoms. The number of carbonyl (C=O) groups excluding carboxylic acids is 2. The van der Waals surface area contributed by atoms with Crippen LogP contribution < -0.4 is 4.74 Å². The van der Waals surface area contributed by atoms with Crippen molar-refractivity contribution in [3.05, 3.63) is 59.3 Å². The van der Waals surface area contributed by atoms with E-state index < -0.39 is 6.04 Å². The van der Waals surface area contributed by atoms with Gasteiger partial charge in [-0.2, -0.15) is 0 Å². The van der Waals surface area contributed by atoms with E-state index in [1.54, 1.807) is 24.0 Å². The number of benzene rings is 1. The highest BCUT2D eigenvalue weighted by Gasteiger charge is 2.34. The normalized spacial score (nSPS) is 17.3. The van der Waals surface area contributed by atoms with E-state index in [1.165, 1.54) is 18.9 Å². The van der Waals surface area contributed by atoms with Gasteiger partial charge in [0.1, 0.15) is 6.04 Å². The summed E-state index contributed by atoms with van der Waals surface area (Å²) in [7, 11) is 1.51. The molecular formula is C20H23N3O3. The zero-order valence-electron chi connectivity index (χ0n) is 15.3. The smallest absolute Gasteiger partial charge is 0.254 e. The van der Waals surface area contributed by atoms with Gasteiger partial charge in [0.05, 0.1) is 7.11 Å². The van der Waals surface area contributed by atoms with E-state index >= 15 is 0 Å². The first-order chi connectivity index (χ1) is 12.5. The number of hydrogen-bond acceptors (Lipinski definition) is 4. The van der Waals surface area contributed by atoms with E-state index in [4.69, 9.17) is 4.74 Å². The number of ether oxygens (including phenoxy) is 1. The topological polar surface area (TPSA) is 62.7 Å². The van der Waals surface area contributed by atoms with E-state index in [0.717, 1.165) is 5.56 Å². The third kappa shape index (κ3) is 3.69. The monoisotopic (exact) mass is 353 g/mol. The minimum absolute atomic E-state index is 0.0351. The molecule has 2 heterocycles. The van der Waals surface area contributed by atoms with E-state index in [1.807, 2.05) is 30.0 Å². The second-order valence-electron chi connectivity index (χ2n) is 6.51. The molecule has 0 bridgehead atoms. The number of amides is 2. The number of pyridine rings is 1. The third-order valence-corrected chi connectivity index (χ3v) is 4.66. The Bertz CT molecular complexity index is 821. The second kappa shape index (κ2) is 7.56. The lowest BCUT2D eigenvalue weighted by Gasteiger charge is -2.39. The van der Waals surface area contributed by atoms with Gasteiger partial charge >= 0.3 is 0 Å². The summed E-state index contributed by atoms with van der Waals surface area (Å²) in [6, 6.07) is 10.9. The van der Waals surface area contributed by atoms with Crippen LogP contribution in [0, 0.1) is 6.92 Å². The van der Waals surface area contributed by atoms with E-state index in [2.05, 4.69) is 11.1 Å². The van der Waals surface area contributed by atoms with Crippen LogP contribution in [0.25, 0.3) is 0 Å². The first-order valence-electron chi connectivity index (χ1n) is 8.65. The van der Waals surface area contributed by atoms with Crippen molar-refractivity contribution in [2.24, 2.45) is 0 Å². The number of aromatic nitrogens is 1. The van der Waals surface area contributed by atoms with Crippen LogP contribution in [0.2, 0.25) is 0 Å². The molecule has 3 rings (SSSR count). The molecule has 136 valence electrons. The van der Waals surface area contributed by atoms with Gasteiger partial charge in [-0.3, -0.25) is 9.59 Å². The van der Waals surface area contributed by atoms with Crippen LogP contribution in [0.4, 0.5) is 0 Å². The van der Waals surface area contributed by atoms with Gasteiger partial charge in [0.2, 0.25) is 11.8 Å². The maximum atomic E-state index is 12.8. The van der Waals surface area contributed by atoms with Gasteiger partial charge in [0.25, 0.3) is 5.91 Å². The van der Waals surface area contributed by atoms with E-state index in [-0.39, 0.29) is 11.8 Å². The van der Waals surface area contributed by atoms with Crippen molar-refractivity contribution in [1.29, 1.82) is 0 Å². The van der Waals surface area contributed by atoms with Crippen molar-refractivity contribution in [2.45, 2.75) is 26.4 Å². The van der Waals surface area contributed by atoms with Gasteiger partial charge in [0, 0.05) is 37.5 Å². The predicted molar refractivity (Wildman–Crippen MR) is 97.9 cm³/mol. The SMILES string of the molecule is COc1cc(C(=O)N2CCN(Cc3cccc(C)c3)C(=O)C2C)ccn1. The summed E-state index contributed by atoms with van der Waals surface area (Å²) in [6.07, 6.45) is 1.53. The van der Waals surface area contributed by atoms with E-state index in [0.29, 0.717) is 31.1 Å². The molecule has 6 heteroatoms. The van der Waals surface area contributed by atoms with Crippen LogP contribution in [0.5, 0.6) is 5.88 Å². The minimum atomic E-state index is -0.500. The molecule has 1 aromatic heterocycles. The molecule has 0 saturated carbocycles. The van der Waals surface area contributed by atoms with Crippen molar-refractivity contribution in [2.75, 3.05) is 20.2 Å². The summed E-state index contributed by atoms with van der Waals surface area (Å²) in [5.74, 6) is 0.168. The zero-order valence-corrected chi connectivity index (χ0v) is 15.3. The van der Waals surface area contributed by atoms with Crippen LogP contribution in [-0.4, -0.2) is 52.8 Å². The van der Waals surface area contributed by atoms with Crippen LogP contribution in [0.3, 0.4) is 0 Å². The average molecular weight is 353 g/mol. The van der Waals surface area contributed by atoms with Crippen molar-refractivity contribution in [3.8, 4) is 5.88 Å². The van der Waals surface area contributed by atoms with Crippen molar-refractivity contribution < 1.29 is 14.3 Å². The molecule has 2 aromatic rings. The molecule has 1 atom stereocenters. The number of rotatable bonds is 4. The Balaban J connectivity index is 1.71. The molecule has 0 radical (unpaired) electrons. The van der Waals surface area contributed by atoms with Gasteiger partial charge in [-0.1, -0.05) is 29.8 Å². The standard InChI is InChI=1S/C20H23N3O3/c1-14-5-4-6-16(11-14)13-22-9-10-23(15(2)19(22)24)20(25)17-7-8-21-18(12-17)26-3/h4-8,11-12,15H,9-10,13H2,1-3H3. The Morgan fingerprint density at radius 3 is 2.81 bits per heavy atom. The first kappa shape index (κ1) is 17.9. The molecule has 1 unspecified atom stereocenters. The first-order valence-corrected chi connectivity index (χ1v) is 8.65. The van der Waals surface area contributed by atoms with Crippen LogP contribution in [-0.2, 0) is 11.3 Å². The third-order valence-electron chi connectivity index (χ3n) is 4.66.